The molecule has 0 aromatic heterocycles. The number of carbonyl (C=O) groups excluding carboxylic acids is 1. The summed E-state index contributed by atoms with van der Waals surface area (Å²) in [6.45, 7) is -0.441. The molecule has 1 heterocycles. The largest absolute Gasteiger partial charge is 0.482 e. The second kappa shape index (κ2) is 3.66. The minimum absolute atomic E-state index is 0.0631. The van der Waals surface area contributed by atoms with Gasteiger partial charge in [0.05, 0.1) is 6.61 Å². The van der Waals surface area contributed by atoms with E-state index >= 15 is 0 Å². The van der Waals surface area contributed by atoms with E-state index in [4.69, 9.17) is 20.1 Å². The summed E-state index contributed by atoms with van der Waals surface area (Å²) in [6.07, 6.45) is -1.75. The van der Waals surface area contributed by atoms with Crippen molar-refractivity contribution in [2.45, 2.75) is 18.3 Å². The predicted molar refractivity (Wildman–Crippen MR) is 38.1 cm³/mol. The van der Waals surface area contributed by atoms with Crippen LogP contribution in [0.25, 0.3) is 0 Å². The lowest BCUT2D eigenvalue weighted by Gasteiger charge is -2.28. The van der Waals surface area contributed by atoms with Crippen LogP contribution >= 0.6 is 0 Å². The summed E-state index contributed by atoms with van der Waals surface area (Å²) in [6, 6.07) is 0. The normalized spacial score (nSPS) is 35.2. The van der Waals surface area contributed by atoms with Gasteiger partial charge in [-0.25, -0.2) is 0 Å². The minimum atomic E-state index is -1.18. The number of aliphatic hydroxyl groups is 3. The molecule has 0 saturated carbocycles. The molecule has 1 aliphatic rings. The van der Waals surface area contributed by atoms with E-state index in [0.29, 0.717) is 6.29 Å². The lowest BCUT2D eigenvalue weighted by molar-refractivity contribution is -0.119. The molecule has 0 aromatic carbocycles. The maximum atomic E-state index is 10.2. The van der Waals surface area contributed by atoms with Gasteiger partial charge in [0.25, 0.3) is 0 Å². The average Bonchev–Trinajstić information content (AvgIpc) is 2.09. The molecule has 68 valence electrons. The molecule has 0 fully saturated rings. The molecule has 0 amide bonds. The first-order chi connectivity index (χ1) is 5.69. The Labute approximate surface area is 68.9 Å². The van der Waals surface area contributed by atoms with Crippen molar-refractivity contribution in [3.8, 4) is 0 Å². The fourth-order valence-corrected chi connectivity index (χ4v) is 0.983. The molecular formula is C7H10O5. The van der Waals surface area contributed by atoms with Gasteiger partial charge < -0.3 is 20.1 Å². The van der Waals surface area contributed by atoms with E-state index in [1.54, 1.807) is 0 Å². The van der Waals surface area contributed by atoms with Crippen LogP contribution in [0.4, 0.5) is 0 Å². The Morgan fingerprint density at radius 2 is 2.25 bits per heavy atom. The Bertz CT molecular complexity index is 200. The first-order valence-electron chi connectivity index (χ1n) is 3.49. The van der Waals surface area contributed by atoms with Crippen LogP contribution in [0.2, 0.25) is 0 Å². The minimum Gasteiger partial charge on any atom is -0.482 e. The van der Waals surface area contributed by atoms with Gasteiger partial charge in [-0.2, -0.15) is 0 Å². The first kappa shape index (κ1) is 9.18. The molecule has 0 radical (unpaired) electrons. The van der Waals surface area contributed by atoms with Gasteiger partial charge in [0.1, 0.15) is 12.2 Å². The van der Waals surface area contributed by atoms with Crippen molar-refractivity contribution in [1.82, 2.24) is 0 Å². The first-order valence-corrected chi connectivity index (χ1v) is 3.49. The third kappa shape index (κ3) is 1.63. The van der Waals surface area contributed by atoms with Gasteiger partial charge >= 0.3 is 0 Å². The summed E-state index contributed by atoms with van der Waals surface area (Å²) in [4.78, 5) is 10.2. The summed E-state index contributed by atoms with van der Waals surface area (Å²) >= 11 is 0. The van der Waals surface area contributed by atoms with Crippen LogP contribution in [0.15, 0.2) is 11.8 Å². The maximum absolute atomic E-state index is 10.2. The standard InChI is InChI=1S/C7H10O5/c8-2-4-1-5(10)7(11)6(3-9)12-4/h1-2,5-7,9-11H,3H2/t5-,6-,7-/m1/s1. The molecule has 1 rings (SSSR count). The number of aliphatic hydroxyl groups excluding tert-OH is 3. The van der Waals surface area contributed by atoms with E-state index in [9.17, 15) is 4.79 Å². The molecule has 12 heavy (non-hydrogen) atoms. The molecule has 0 aromatic rings. The number of carbonyl (C=O) groups is 1. The Hall–Kier alpha value is -0.910. The zero-order valence-electron chi connectivity index (χ0n) is 6.25. The maximum Gasteiger partial charge on any atom is 0.184 e. The van der Waals surface area contributed by atoms with Crippen molar-refractivity contribution in [2.75, 3.05) is 6.61 Å². The predicted octanol–water partition coefficient (Wildman–Crippen LogP) is -1.82. The number of hydrogen-bond acceptors (Lipinski definition) is 5. The number of hydrogen-bond donors (Lipinski definition) is 3. The molecule has 5 nitrogen and oxygen atoms in total. The molecular weight excluding hydrogens is 164 g/mol. The summed E-state index contributed by atoms with van der Waals surface area (Å²) in [5.41, 5.74) is 0. The van der Waals surface area contributed by atoms with Gasteiger partial charge in [0, 0.05) is 0 Å². The second-order valence-corrected chi connectivity index (χ2v) is 2.51. The fraction of sp³-hybridized carbons (Fsp3) is 0.571. The van der Waals surface area contributed by atoms with Crippen molar-refractivity contribution >= 4 is 6.29 Å². The van der Waals surface area contributed by atoms with Gasteiger partial charge in [0.2, 0.25) is 0 Å². The van der Waals surface area contributed by atoms with Crippen molar-refractivity contribution in [1.29, 1.82) is 0 Å². The number of rotatable bonds is 2. The van der Waals surface area contributed by atoms with Crippen LogP contribution in [0.5, 0.6) is 0 Å². The highest BCUT2D eigenvalue weighted by Crippen LogP contribution is 2.16. The number of allylic oxidation sites excluding steroid dienone is 1. The van der Waals surface area contributed by atoms with Crippen LogP contribution in [-0.2, 0) is 9.53 Å². The third-order valence-corrected chi connectivity index (χ3v) is 1.65. The molecule has 5 heteroatoms. The van der Waals surface area contributed by atoms with Crippen molar-refractivity contribution < 1.29 is 24.9 Å². The molecule has 3 N–H and O–H groups in total. The van der Waals surface area contributed by atoms with Crippen molar-refractivity contribution in [3.05, 3.63) is 11.8 Å². The molecule has 0 saturated heterocycles. The van der Waals surface area contributed by atoms with Crippen LogP contribution in [0, 0.1) is 0 Å². The molecule has 3 atom stereocenters. The van der Waals surface area contributed by atoms with Gasteiger partial charge in [-0.15, -0.1) is 0 Å². The number of ether oxygens (including phenoxy) is 1. The van der Waals surface area contributed by atoms with E-state index in [-0.39, 0.29) is 5.76 Å². The molecule has 0 unspecified atom stereocenters. The summed E-state index contributed by atoms with van der Waals surface area (Å²) in [5.74, 6) is -0.0631. The molecule has 0 aliphatic carbocycles. The van der Waals surface area contributed by atoms with Crippen LogP contribution < -0.4 is 0 Å². The van der Waals surface area contributed by atoms with Gasteiger partial charge in [-0.1, -0.05) is 0 Å². The van der Waals surface area contributed by atoms with Crippen molar-refractivity contribution in [3.63, 3.8) is 0 Å². The highest BCUT2D eigenvalue weighted by atomic mass is 16.5. The quantitative estimate of drug-likeness (QED) is 0.429. The second-order valence-electron chi connectivity index (χ2n) is 2.51. The van der Waals surface area contributed by atoms with E-state index in [0.717, 1.165) is 6.08 Å². The summed E-state index contributed by atoms with van der Waals surface area (Å²) < 4.78 is 4.80. The Balaban J connectivity index is 2.75. The van der Waals surface area contributed by atoms with E-state index < -0.39 is 24.9 Å². The third-order valence-electron chi connectivity index (χ3n) is 1.65. The van der Waals surface area contributed by atoms with Crippen LogP contribution in [-0.4, -0.2) is 46.5 Å². The highest BCUT2D eigenvalue weighted by Gasteiger charge is 2.31. The van der Waals surface area contributed by atoms with Crippen LogP contribution in [0.3, 0.4) is 0 Å². The molecule has 1 aliphatic heterocycles. The zero-order chi connectivity index (χ0) is 9.14. The topological polar surface area (TPSA) is 87.0 Å². The Morgan fingerprint density at radius 3 is 2.75 bits per heavy atom. The smallest absolute Gasteiger partial charge is 0.184 e. The molecule has 0 bridgehead atoms. The van der Waals surface area contributed by atoms with Crippen LogP contribution in [0.1, 0.15) is 0 Å². The highest BCUT2D eigenvalue weighted by molar-refractivity contribution is 5.70. The zero-order valence-corrected chi connectivity index (χ0v) is 6.25. The average molecular weight is 174 g/mol. The SMILES string of the molecule is O=CC1=C[C@@H](O)[C@@H](O)[C@@H](CO)O1. The van der Waals surface area contributed by atoms with Gasteiger partial charge in [-0.05, 0) is 6.08 Å². The lowest BCUT2D eigenvalue weighted by atomic mass is 10.1. The van der Waals surface area contributed by atoms with E-state index in [1.165, 1.54) is 0 Å². The monoisotopic (exact) mass is 174 g/mol. The van der Waals surface area contributed by atoms with Crippen molar-refractivity contribution in [2.24, 2.45) is 0 Å². The van der Waals surface area contributed by atoms with E-state index in [1.807, 2.05) is 0 Å². The Morgan fingerprint density at radius 1 is 1.58 bits per heavy atom. The lowest BCUT2D eigenvalue weighted by Crippen LogP contribution is -2.43. The molecule has 0 spiro atoms. The Kier molecular flexibility index (Phi) is 2.80. The summed E-state index contributed by atoms with van der Waals surface area (Å²) in [5, 5.41) is 26.9. The van der Waals surface area contributed by atoms with Gasteiger partial charge in [-0.3, -0.25) is 4.79 Å². The van der Waals surface area contributed by atoms with Gasteiger partial charge in [0.15, 0.2) is 18.1 Å². The fourth-order valence-electron chi connectivity index (χ4n) is 0.983. The van der Waals surface area contributed by atoms with E-state index in [2.05, 4.69) is 0 Å². The summed E-state index contributed by atoms with van der Waals surface area (Å²) in [7, 11) is 0. The number of aldehydes is 1.